The molecule has 4 N–H and O–H groups in total. The Labute approximate surface area is 619 Å². The van der Waals surface area contributed by atoms with Gasteiger partial charge in [0.25, 0.3) is 17.4 Å². The van der Waals surface area contributed by atoms with Crippen LogP contribution in [0.1, 0.15) is 147 Å². The van der Waals surface area contributed by atoms with Gasteiger partial charge >= 0.3 is 6.09 Å². The van der Waals surface area contributed by atoms with Crippen molar-refractivity contribution in [3.05, 3.63) is 146 Å². The number of sulfonamides is 2. The molecule has 15 rings (SSSR count). The number of fused-ring (bicyclic) bond motifs is 3. The van der Waals surface area contributed by atoms with Gasteiger partial charge in [-0.2, -0.15) is 13.6 Å². The number of carboxylic acid groups (broad SMARTS) is 1. The van der Waals surface area contributed by atoms with Crippen molar-refractivity contribution in [1.82, 2.24) is 58.3 Å². The summed E-state index contributed by atoms with van der Waals surface area (Å²) in [4.78, 5) is 121. The molecule has 9 aliphatic rings. The van der Waals surface area contributed by atoms with E-state index in [1.165, 1.54) is 35.4 Å². The lowest BCUT2D eigenvalue weighted by Gasteiger charge is -2.43. The van der Waals surface area contributed by atoms with E-state index in [1.807, 2.05) is 47.3 Å². The van der Waals surface area contributed by atoms with Gasteiger partial charge in [0.15, 0.2) is 0 Å². The van der Waals surface area contributed by atoms with Crippen molar-refractivity contribution >= 4 is 89.9 Å². The van der Waals surface area contributed by atoms with Crippen LogP contribution in [0.25, 0.3) is 11.0 Å². The van der Waals surface area contributed by atoms with E-state index in [9.17, 15) is 60.3 Å². The fourth-order valence-corrected chi connectivity index (χ4v) is 19.8. The first-order chi connectivity index (χ1) is 51.1. The monoisotopic (exact) mass is 1510 g/mol. The average Bonchev–Trinajstić information content (AvgIpc) is 1.67. The van der Waals surface area contributed by atoms with Gasteiger partial charge in [0.2, 0.25) is 49.6 Å². The first kappa shape index (κ1) is 74.5. The zero-order valence-corrected chi connectivity index (χ0v) is 61.8. The highest BCUT2D eigenvalue weighted by Crippen LogP contribution is 2.38. The Morgan fingerprint density at radius 1 is 0.589 bits per heavy atom. The van der Waals surface area contributed by atoms with Crippen molar-refractivity contribution in [3.8, 4) is 0 Å². The van der Waals surface area contributed by atoms with Crippen LogP contribution in [0.2, 0.25) is 0 Å². The van der Waals surface area contributed by atoms with E-state index in [0.717, 1.165) is 42.2 Å². The number of benzene rings is 4. The smallest absolute Gasteiger partial charge is 0.407 e. The van der Waals surface area contributed by atoms with E-state index in [2.05, 4.69) is 30.7 Å². The first-order valence-corrected chi connectivity index (χ1v) is 39.8. The maximum Gasteiger partial charge on any atom is 0.407 e. The van der Waals surface area contributed by atoms with Crippen molar-refractivity contribution in [2.24, 2.45) is 0 Å². The van der Waals surface area contributed by atoms with Crippen LogP contribution in [0, 0.1) is 11.6 Å². The Balaban J connectivity index is 0.000000182. The fourth-order valence-electron chi connectivity index (χ4n) is 16.7. The third-order valence-corrected chi connectivity index (χ3v) is 26.1. The van der Waals surface area contributed by atoms with Gasteiger partial charge in [-0.25, -0.2) is 35.4 Å². The Hall–Kier alpha value is -9.34. The topological polar surface area (TPSA) is 321 Å². The molecule has 4 aromatic carbocycles. The van der Waals surface area contributed by atoms with Crippen LogP contribution >= 0.6 is 0 Å². The Morgan fingerprint density at radius 2 is 1.06 bits per heavy atom. The van der Waals surface area contributed by atoms with Crippen LogP contribution in [0.4, 0.5) is 30.9 Å². The summed E-state index contributed by atoms with van der Waals surface area (Å²) in [5, 5.41) is 18.5. The minimum absolute atomic E-state index is 0.0236. The van der Waals surface area contributed by atoms with Crippen molar-refractivity contribution in [2.45, 2.75) is 170 Å². The highest BCUT2D eigenvalue weighted by atomic mass is 32.2. The summed E-state index contributed by atoms with van der Waals surface area (Å²) < 4.78 is 90.5. The van der Waals surface area contributed by atoms with Gasteiger partial charge in [-0.3, -0.25) is 58.6 Å². The van der Waals surface area contributed by atoms with Crippen LogP contribution in [0.5, 0.6) is 0 Å². The van der Waals surface area contributed by atoms with Gasteiger partial charge in [0.1, 0.15) is 29.4 Å². The molecule has 2 aromatic heterocycles. The van der Waals surface area contributed by atoms with Gasteiger partial charge in [-0.05, 0) is 149 Å². The number of hydrogen-bond donors (Lipinski definition) is 4. The van der Waals surface area contributed by atoms with E-state index in [0.29, 0.717) is 138 Å². The van der Waals surface area contributed by atoms with E-state index in [1.54, 1.807) is 66.9 Å². The number of nitrogens with zero attached hydrogens (tertiary/aromatic N) is 12. The second-order valence-electron chi connectivity index (χ2n) is 30.3. The zero-order chi connectivity index (χ0) is 75.4. The van der Waals surface area contributed by atoms with Crippen LogP contribution in [0.15, 0.2) is 106 Å². The summed E-state index contributed by atoms with van der Waals surface area (Å²) >= 11 is 0. The summed E-state index contributed by atoms with van der Waals surface area (Å²) in [5.41, 5.74) is 4.25. The van der Waals surface area contributed by atoms with Crippen molar-refractivity contribution in [2.75, 3.05) is 93.7 Å². The van der Waals surface area contributed by atoms with Crippen LogP contribution < -0.4 is 31.3 Å². The molecular weight excluding hydrogens is 1420 g/mol. The first-order valence-electron chi connectivity index (χ1n) is 36.9. The number of rotatable bonds is 16. The van der Waals surface area contributed by atoms with Gasteiger partial charge in [0.05, 0.1) is 21.2 Å². The molecule has 2 atom stereocenters. The van der Waals surface area contributed by atoms with Crippen molar-refractivity contribution in [1.29, 1.82) is 0 Å². The van der Waals surface area contributed by atoms with Gasteiger partial charge in [0, 0.05) is 170 Å². The molecule has 6 aromatic rings. The van der Waals surface area contributed by atoms with E-state index >= 15 is 8.78 Å². The SMILES string of the molecule is CC(C)(C)N(C(=O)O)C1CCN(S(=O)(=O)c2cccc(CN3CCN(c4cc5c(cc4F)C(=O)N(C4CCC(=O)NC4=O)C5)CC3)c2)CC1.O=C1CCC(N2Cc3cc(N4CCN(Cc5cccc(S(=O)(=O)N6CCC(Nc7ncc8ccc(=O)n(C9CCCC9)c8n7)CC6)c5)CC4)c(F)cc3C2=O)C(=O)N1. The van der Waals surface area contributed by atoms with E-state index in [-0.39, 0.29) is 108 Å². The number of pyridine rings is 1. The molecular formula is C75H89F2N15O13S2. The summed E-state index contributed by atoms with van der Waals surface area (Å²) in [6.45, 7) is 12.6. The number of aromatic nitrogens is 3. The molecule has 10 heterocycles. The number of nitrogens with one attached hydrogen (secondary N) is 3. The highest BCUT2D eigenvalue weighted by molar-refractivity contribution is 7.89. The summed E-state index contributed by atoms with van der Waals surface area (Å²) in [6, 6.07) is 21.5. The number of amides is 7. The number of anilines is 3. The van der Waals surface area contributed by atoms with E-state index in [4.69, 9.17) is 4.98 Å². The lowest BCUT2D eigenvalue weighted by atomic mass is 9.98. The predicted octanol–water partition coefficient (Wildman–Crippen LogP) is 6.23. The van der Waals surface area contributed by atoms with Crippen molar-refractivity contribution < 1.29 is 64.3 Å². The molecule has 0 bridgehead atoms. The summed E-state index contributed by atoms with van der Waals surface area (Å²) in [6.07, 6.45) is 7.61. The quantitative estimate of drug-likeness (QED) is 0.0780. The largest absolute Gasteiger partial charge is 0.465 e. The molecule has 32 heteroatoms. The molecule has 0 radical (unpaired) electrons. The Morgan fingerprint density at radius 3 is 1.50 bits per heavy atom. The minimum Gasteiger partial charge on any atom is -0.465 e. The standard InChI is InChI=1S/C41H46FN9O6S.C34H43FN6O7S/c42-33-22-32-28(25-50(40(32)55)34-9-10-36(52)45-39(34)54)21-35(33)48-18-16-47(17-19-48)24-26-4-3-7-31(20-26)58(56,57)49-14-12-29(13-15-49)44-41-43-23-27-8-11-37(53)51(38(27)46-41)30-5-1-2-6-30;1-34(2,3)41(33(45)46)24-9-11-39(12-10-24)49(47,48)25-6-4-5-22(17-25)20-37-13-15-38(16-14-37)29-18-23-21-40(32(44)26(23)19-27(29)35)28-7-8-30(42)36-31(28)43/h3-4,7-8,11,20-23,29-30,34H,1-2,5-6,9-10,12-19,24-25H2,(H,43,44,46)(H,45,52,54);4-6,17-19,24,28H,7-16,20-21H2,1-3H3,(H,45,46)(H,36,42,43). The maximum atomic E-state index is 15.5. The normalized spacial score (nSPS) is 21.5. The number of carbonyl (C=O) groups is 7. The van der Waals surface area contributed by atoms with Crippen LogP contribution in [0.3, 0.4) is 0 Å². The highest BCUT2D eigenvalue weighted by Gasteiger charge is 2.44. The number of carbonyl (C=O) groups excluding carboxylic acids is 6. The molecule has 0 spiro atoms. The third kappa shape index (κ3) is 15.6. The Kier molecular flexibility index (Phi) is 21.1. The van der Waals surface area contributed by atoms with Crippen molar-refractivity contribution in [3.63, 3.8) is 0 Å². The lowest BCUT2D eigenvalue weighted by Crippen LogP contribution is -2.55. The Bertz CT molecular complexity index is 4810. The third-order valence-electron chi connectivity index (χ3n) is 22.4. The van der Waals surface area contributed by atoms with Gasteiger partial charge < -0.3 is 34.9 Å². The van der Waals surface area contributed by atoms with Crippen LogP contribution in [-0.2, 0) is 65.4 Å². The number of piperazine rings is 2. The number of imide groups is 2. The molecule has 6 saturated heterocycles. The van der Waals surface area contributed by atoms with Gasteiger partial charge in [-0.15, -0.1) is 0 Å². The fraction of sp³-hybridized carbons (Fsp3) is 0.493. The molecule has 7 amide bonds. The molecule has 2 unspecified atom stereocenters. The predicted molar refractivity (Wildman–Crippen MR) is 391 cm³/mol. The molecule has 8 aliphatic heterocycles. The molecule has 568 valence electrons. The molecule has 1 saturated carbocycles. The molecule has 7 fully saturated rings. The average molecular weight is 1510 g/mol. The van der Waals surface area contributed by atoms with Crippen LogP contribution in [-0.4, -0.2) is 219 Å². The van der Waals surface area contributed by atoms with E-state index < -0.39 is 79.0 Å². The summed E-state index contributed by atoms with van der Waals surface area (Å²) in [7, 11) is -7.51. The zero-order valence-electron chi connectivity index (χ0n) is 60.1. The molecule has 1 aliphatic carbocycles. The lowest BCUT2D eigenvalue weighted by molar-refractivity contribution is -0.138. The summed E-state index contributed by atoms with van der Waals surface area (Å²) in [5.74, 6) is -3.15. The molecule has 28 nitrogen and oxygen atoms in total. The molecule has 107 heavy (non-hydrogen) atoms. The second kappa shape index (κ2) is 30.4. The minimum atomic E-state index is -3.77. The number of piperidine rings is 4. The van der Waals surface area contributed by atoms with Gasteiger partial charge in [-0.1, -0.05) is 37.1 Å². The second-order valence-corrected chi connectivity index (χ2v) is 34.2. The number of halogens is 2. The maximum absolute atomic E-state index is 15.5. The number of hydrogen-bond acceptors (Lipinski definition) is 19.